The maximum Gasteiger partial charge on any atom is 0.194 e. The van der Waals surface area contributed by atoms with E-state index < -0.39 is 17.5 Å². The fraction of sp³-hybridized carbons (Fsp3) is 0.455. The summed E-state index contributed by atoms with van der Waals surface area (Å²) in [7, 11) is 0. The molecule has 1 nitrogen and oxygen atoms in total. The average Bonchev–Trinajstić information content (AvgIpc) is 2.58. The van der Waals surface area contributed by atoms with Crippen LogP contribution >= 0.6 is 0 Å². The van der Waals surface area contributed by atoms with Gasteiger partial charge in [-0.05, 0) is 25.5 Å². The fourth-order valence-electron chi connectivity index (χ4n) is 1.84. The smallest absolute Gasteiger partial charge is 0.194 e. The number of hydrogen-bond acceptors (Lipinski definition) is 1. The van der Waals surface area contributed by atoms with Crippen molar-refractivity contribution < 1.29 is 13.2 Å². The van der Waals surface area contributed by atoms with Gasteiger partial charge in [-0.15, -0.1) is 0 Å². The molecule has 0 N–H and O–H groups in total. The van der Waals surface area contributed by atoms with E-state index in [0.717, 1.165) is 6.07 Å². The first-order valence-electron chi connectivity index (χ1n) is 4.90. The molecule has 0 saturated heterocycles. The van der Waals surface area contributed by atoms with Crippen LogP contribution in [0.25, 0.3) is 0 Å². The Balaban J connectivity index is 2.43. The molecule has 0 saturated carbocycles. The number of fused-ring (bicyclic) bond motifs is 1. The van der Waals surface area contributed by atoms with Gasteiger partial charge in [-0.2, -0.15) is 0 Å². The minimum atomic E-state index is -1.36. The second-order valence-electron chi connectivity index (χ2n) is 4.12. The number of benzene rings is 1. The van der Waals surface area contributed by atoms with Crippen molar-refractivity contribution in [2.75, 3.05) is 0 Å². The van der Waals surface area contributed by atoms with Crippen LogP contribution in [-0.4, -0.2) is 10.9 Å². The van der Waals surface area contributed by atoms with Crippen LogP contribution in [0, 0.1) is 17.5 Å². The van der Waals surface area contributed by atoms with Crippen LogP contribution in [-0.2, 0) is 13.1 Å². The van der Waals surface area contributed by atoms with Crippen LogP contribution < -0.4 is 0 Å². The molecule has 1 aromatic rings. The van der Waals surface area contributed by atoms with Crippen molar-refractivity contribution in [2.45, 2.75) is 33.0 Å². The lowest BCUT2D eigenvalue weighted by molar-refractivity contribution is 0.225. The molecular weight excluding hydrogens is 203 g/mol. The van der Waals surface area contributed by atoms with E-state index in [9.17, 15) is 13.2 Å². The van der Waals surface area contributed by atoms with Crippen LogP contribution in [0.2, 0.25) is 0 Å². The molecule has 2 rings (SSSR count). The van der Waals surface area contributed by atoms with Gasteiger partial charge in [0.2, 0.25) is 0 Å². The number of rotatable bonds is 1. The Morgan fingerprint density at radius 1 is 1.13 bits per heavy atom. The van der Waals surface area contributed by atoms with E-state index in [2.05, 4.69) is 0 Å². The third kappa shape index (κ3) is 1.63. The molecule has 1 aliphatic rings. The van der Waals surface area contributed by atoms with E-state index in [1.165, 1.54) is 0 Å². The van der Waals surface area contributed by atoms with Crippen molar-refractivity contribution >= 4 is 0 Å². The van der Waals surface area contributed by atoms with E-state index in [0.29, 0.717) is 24.2 Å². The molecule has 1 heterocycles. The lowest BCUT2D eigenvalue weighted by atomic mass is 10.1. The Hall–Kier alpha value is -1.03. The molecule has 0 atom stereocenters. The summed E-state index contributed by atoms with van der Waals surface area (Å²) in [5, 5.41) is 0. The molecule has 15 heavy (non-hydrogen) atoms. The van der Waals surface area contributed by atoms with Gasteiger partial charge >= 0.3 is 0 Å². The van der Waals surface area contributed by atoms with E-state index >= 15 is 0 Å². The molecule has 0 unspecified atom stereocenters. The zero-order valence-electron chi connectivity index (χ0n) is 8.65. The lowest BCUT2D eigenvalue weighted by Gasteiger charge is -2.18. The van der Waals surface area contributed by atoms with Gasteiger partial charge in [-0.25, -0.2) is 13.2 Å². The maximum absolute atomic E-state index is 13.4. The Labute approximate surface area is 86.5 Å². The predicted molar refractivity (Wildman–Crippen MR) is 50.7 cm³/mol. The number of nitrogens with zero attached hydrogens (tertiary/aromatic N) is 1. The minimum Gasteiger partial charge on any atom is -0.292 e. The van der Waals surface area contributed by atoms with Gasteiger partial charge in [0.1, 0.15) is 0 Å². The normalized spacial score (nSPS) is 16.1. The molecule has 0 spiro atoms. The quantitative estimate of drug-likeness (QED) is 0.651. The van der Waals surface area contributed by atoms with E-state index in [-0.39, 0.29) is 6.04 Å². The van der Waals surface area contributed by atoms with Crippen molar-refractivity contribution in [1.29, 1.82) is 0 Å². The highest BCUT2D eigenvalue weighted by molar-refractivity contribution is 5.33. The van der Waals surface area contributed by atoms with Crippen LogP contribution in [0.1, 0.15) is 25.0 Å². The molecule has 0 radical (unpaired) electrons. The zero-order valence-corrected chi connectivity index (χ0v) is 8.65. The molecule has 0 amide bonds. The summed E-state index contributed by atoms with van der Waals surface area (Å²) in [5.41, 5.74) is 0.850. The first kappa shape index (κ1) is 10.5. The van der Waals surface area contributed by atoms with Crippen molar-refractivity contribution in [1.82, 2.24) is 4.90 Å². The number of hydrogen-bond donors (Lipinski definition) is 0. The summed E-state index contributed by atoms with van der Waals surface area (Å²) >= 11 is 0. The average molecular weight is 215 g/mol. The standard InChI is InChI=1S/C11H12F3N/c1-6(2)15-4-7-3-9(12)11(14)10(13)8(7)5-15/h3,6H,4-5H2,1-2H3. The molecule has 82 valence electrons. The monoisotopic (exact) mass is 215 g/mol. The Morgan fingerprint density at radius 2 is 1.80 bits per heavy atom. The van der Waals surface area contributed by atoms with Gasteiger partial charge in [0, 0.05) is 24.7 Å². The highest BCUT2D eigenvalue weighted by Gasteiger charge is 2.27. The third-order valence-electron chi connectivity index (χ3n) is 2.82. The molecule has 1 aromatic carbocycles. The fourth-order valence-corrected chi connectivity index (χ4v) is 1.84. The summed E-state index contributed by atoms with van der Waals surface area (Å²) < 4.78 is 39.2. The Kier molecular flexibility index (Phi) is 2.46. The highest BCUT2D eigenvalue weighted by atomic mass is 19.2. The first-order valence-corrected chi connectivity index (χ1v) is 4.90. The molecule has 0 aliphatic carbocycles. The summed E-state index contributed by atoms with van der Waals surface area (Å²) in [6.45, 7) is 4.78. The SMILES string of the molecule is CC(C)N1Cc2cc(F)c(F)c(F)c2C1. The van der Waals surface area contributed by atoms with Gasteiger partial charge < -0.3 is 0 Å². The van der Waals surface area contributed by atoms with Gasteiger partial charge in [0.25, 0.3) is 0 Å². The molecule has 4 heteroatoms. The molecule has 0 fully saturated rings. The summed E-state index contributed by atoms with van der Waals surface area (Å²) in [5.74, 6) is -3.50. The van der Waals surface area contributed by atoms with Crippen LogP contribution in [0.4, 0.5) is 13.2 Å². The Bertz CT molecular complexity index is 401. The Morgan fingerprint density at radius 3 is 2.40 bits per heavy atom. The van der Waals surface area contributed by atoms with E-state index in [1.54, 1.807) is 0 Å². The van der Waals surface area contributed by atoms with Gasteiger partial charge in [0.15, 0.2) is 17.5 Å². The largest absolute Gasteiger partial charge is 0.292 e. The van der Waals surface area contributed by atoms with Crippen LogP contribution in [0.15, 0.2) is 6.07 Å². The topological polar surface area (TPSA) is 3.24 Å². The summed E-state index contributed by atoms with van der Waals surface area (Å²) in [6.07, 6.45) is 0. The number of halogens is 3. The van der Waals surface area contributed by atoms with E-state index in [1.807, 2.05) is 18.7 Å². The third-order valence-corrected chi connectivity index (χ3v) is 2.82. The summed E-state index contributed by atoms with van der Waals surface area (Å²) in [4.78, 5) is 1.96. The van der Waals surface area contributed by atoms with Crippen molar-refractivity contribution in [3.8, 4) is 0 Å². The van der Waals surface area contributed by atoms with Crippen LogP contribution in [0.5, 0.6) is 0 Å². The molecular formula is C11H12F3N. The molecule has 1 aliphatic heterocycles. The van der Waals surface area contributed by atoms with Crippen molar-refractivity contribution in [2.24, 2.45) is 0 Å². The predicted octanol–water partition coefficient (Wildman–Crippen LogP) is 2.83. The van der Waals surface area contributed by atoms with Crippen molar-refractivity contribution in [3.05, 3.63) is 34.6 Å². The van der Waals surface area contributed by atoms with Gasteiger partial charge in [-0.3, -0.25) is 4.90 Å². The van der Waals surface area contributed by atoms with Crippen molar-refractivity contribution in [3.63, 3.8) is 0 Å². The zero-order chi connectivity index (χ0) is 11.2. The van der Waals surface area contributed by atoms with Gasteiger partial charge in [-0.1, -0.05) is 0 Å². The lowest BCUT2D eigenvalue weighted by Crippen LogP contribution is -2.24. The van der Waals surface area contributed by atoms with E-state index in [4.69, 9.17) is 0 Å². The second-order valence-corrected chi connectivity index (χ2v) is 4.12. The molecule has 0 aromatic heterocycles. The minimum absolute atomic E-state index is 0.239. The second kappa shape index (κ2) is 3.52. The van der Waals surface area contributed by atoms with Gasteiger partial charge in [0.05, 0.1) is 0 Å². The van der Waals surface area contributed by atoms with Crippen LogP contribution in [0.3, 0.4) is 0 Å². The highest BCUT2D eigenvalue weighted by Crippen LogP contribution is 2.29. The summed E-state index contributed by atoms with van der Waals surface area (Å²) in [6, 6.07) is 1.33. The first-order chi connectivity index (χ1) is 7.00. The maximum atomic E-state index is 13.4. The molecule has 0 bridgehead atoms.